The van der Waals surface area contributed by atoms with E-state index in [1.165, 1.54) is 77.0 Å². The van der Waals surface area contributed by atoms with E-state index in [2.05, 4.69) is 53.7 Å². The summed E-state index contributed by atoms with van der Waals surface area (Å²) < 4.78 is 0. The van der Waals surface area contributed by atoms with Crippen molar-refractivity contribution in [2.45, 2.75) is 139 Å². The summed E-state index contributed by atoms with van der Waals surface area (Å²) in [6.45, 7) is 18.5. The van der Waals surface area contributed by atoms with Gasteiger partial charge in [0, 0.05) is 0 Å². The van der Waals surface area contributed by atoms with Crippen LogP contribution in [0.15, 0.2) is 11.6 Å². The molecule has 0 amide bonds. The second-order valence-electron chi connectivity index (χ2n) is 13.7. The Hall–Kier alpha value is -0.770. The first kappa shape index (κ1) is 27.8. The highest BCUT2D eigenvalue weighted by molar-refractivity contribution is 5.25. The van der Waals surface area contributed by atoms with Crippen molar-refractivity contribution in [2.24, 2.45) is 51.8 Å². The highest BCUT2D eigenvalue weighted by Crippen LogP contribution is 2.67. The van der Waals surface area contributed by atoms with E-state index >= 15 is 0 Å². The molecular weight excluding hydrogens is 410 g/mol. The first-order valence-corrected chi connectivity index (χ1v) is 15.3. The molecule has 1 nitrogen and oxygen atoms in total. The first-order chi connectivity index (χ1) is 16.1. The maximum absolute atomic E-state index is 9.30. The fourth-order valence-corrected chi connectivity index (χ4v) is 9.35. The van der Waals surface area contributed by atoms with Crippen molar-refractivity contribution in [3.63, 3.8) is 0 Å². The minimum Gasteiger partial charge on any atom is -0.198 e. The lowest BCUT2D eigenvalue weighted by Crippen LogP contribution is -2.50. The number of rotatable bonds is 7. The van der Waals surface area contributed by atoms with E-state index in [1.54, 1.807) is 0 Å². The van der Waals surface area contributed by atoms with Crippen molar-refractivity contribution in [1.82, 2.24) is 0 Å². The highest BCUT2D eigenvalue weighted by Gasteiger charge is 2.59. The minimum atomic E-state index is -0.147. The Morgan fingerprint density at radius 2 is 1.79 bits per heavy atom. The maximum Gasteiger partial charge on any atom is 0.0683 e. The monoisotopic (exact) mass is 467 g/mol. The molecule has 4 aliphatic rings. The topological polar surface area (TPSA) is 23.8 Å². The molecule has 4 rings (SSSR count). The quantitative estimate of drug-likeness (QED) is 0.270. The Morgan fingerprint density at radius 1 is 1.06 bits per heavy atom. The van der Waals surface area contributed by atoms with Gasteiger partial charge in [-0.25, -0.2) is 0 Å². The molecule has 34 heavy (non-hydrogen) atoms. The van der Waals surface area contributed by atoms with Gasteiger partial charge < -0.3 is 0 Å². The van der Waals surface area contributed by atoms with Gasteiger partial charge in [0.15, 0.2) is 0 Å². The molecule has 0 bridgehead atoms. The van der Waals surface area contributed by atoms with Crippen LogP contribution in [0.2, 0.25) is 0 Å². The zero-order valence-electron chi connectivity index (χ0n) is 24.2. The molecular formula is C33H57N. The van der Waals surface area contributed by atoms with Crippen LogP contribution in [0.1, 0.15) is 139 Å². The summed E-state index contributed by atoms with van der Waals surface area (Å²) in [5.74, 6) is 5.60. The molecule has 4 aliphatic carbocycles. The summed E-state index contributed by atoms with van der Waals surface area (Å²) in [4.78, 5) is 0. The van der Waals surface area contributed by atoms with Gasteiger partial charge in [-0.15, -0.1) is 0 Å². The predicted molar refractivity (Wildman–Crippen MR) is 147 cm³/mol. The molecule has 3 fully saturated rings. The van der Waals surface area contributed by atoms with E-state index in [9.17, 15) is 5.26 Å². The third-order valence-corrected chi connectivity index (χ3v) is 11.6. The lowest BCUT2D eigenvalue weighted by Gasteiger charge is -2.58. The number of allylic oxidation sites excluding steroid dienone is 2. The predicted octanol–water partition coefficient (Wildman–Crippen LogP) is 10.4. The maximum atomic E-state index is 9.30. The number of unbranched alkanes of at least 4 members (excludes halogenated alkanes) is 1. The summed E-state index contributed by atoms with van der Waals surface area (Å²) in [5, 5.41) is 9.30. The van der Waals surface area contributed by atoms with Crippen LogP contribution in [-0.2, 0) is 0 Å². The van der Waals surface area contributed by atoms with Crippen LogP contribution in [0.25, 0.3) is 0 Å². The molecule has 0 radical (unpaired) electrons. The molecule has 0 N–H and O–H groups in total. The largest absolute Gasteiger partial charge is 0.198 e. The van der Waals surface area contributed by atoms with Crippen LogP contribution >= 0.6 is 0 Å². The van der Waals surface area contributed by atoms with Gasteiger partial charge in [0.1, 0.15) is 0 Å². The summed E-state index contributed by atoms with van der Waals surface area (Å²) in [5.41, 5.74) is 2.82. The average Bonchev–Trinajstić information content (AvgIpc) is 3.20. The number of fused-ring (bicyclic) bond motifs is 5. The van der Waals surface area contributed by atoms with Gasteiger partial charge >= 0.3 is 0 Å². The van der Waals surface area contributed by atoms with Gasteiger partial charge in [-0.3, -0.25) is 0 Å². The molecule has 1 heteroatoms. The molecule has 0 spiro atoms. The van der Waals surface area contributed by atoms with E-state index in [-0.39, 0.29) is 5.41 Å². The molecule has 0 aliphatic heterocycles. The average molecular weight is 468 g/mol. The molecule has 0 aromatic carbocycles. The summed E-state index contributed by atoms with van der Waals surface area (Å²) in [6, 6.07) is 2.48. The van der Waals surface area contributed by atoms with Crippen LogP contribution in [-0.4, -0.2) is 0 Å². The first-order valence-electron chi connectivity index (χ1n) is 15.3. The molecule has 0 aromatic rings. The third-order valence-electron chi connectivity index (χ3n) is 11.6. The van der Waals surface area contributed by atoms with E-state index in [0.29, 0.717) is 10.8 Å². The van der Waals surface area contributed by atoms with Crippen LogP contribution in [0, 0.1) is 63.1 Å². The SMILES string of the molecule is CC.CCC1CCC2(C)C(=CCC3C2CCC2(C)C(C(C)CCCCC(C)(C)C#N)CCC32)C1. The van der Waals surface area contributed by atoms with Gasteiger partial charge in [-0.05, 0) is 118 Å². The molecule has 194 valence electrons. The van der Waals surface area contributed by atoms with Gasteiger partial charge in [-0.2, -0.15) is 5.26 Å². The van der Waals surface area contributed by atoms with Crippen LogP contribution < -0.4 is 0 Å². The summed E-state index contributed by atoms with van der Waals surface area (Å²) in [6.07, 6.45) is 20.7. The van der Waals surface area contributed by atoms with Crippen molar-refractivity contribution >= 4 is 0 Å². The minimum absolute atomic E-state index is 0.147. The molecule has 8 atom stereocenters. The van der Waals surface area contributed by atoms with Crippen molar-refractivity contribution in [3.05, 3.63) is 11.6 Å². The van der Waals surface area contributed by atoms with Gasteiger partial charge in [0.05, 0.1) is 11.5 Å². The van der Waals surface area contributed by atoms with Crippen molar-refractivity contribution in [1.29, 1.82) is 5.26 Å². The lowest BCUT2D eigenvalue weighted by atomic mass is 9.46. The Balaban J connectivity index is 0.00000158. The third kappa shape index (κ3) is 5.18. The van der Waals surface area contributed by atoms with Crippen molar-refractivity contribution in [2.75, 3.05) is 0 Å². The normalized spacial score (nSPS) is 40.0. The zero-order chi connectivity index (χ0) is 25.1. The Bertz CT molecular complexity index is 740. The zero-order valence-corrected chi connectivity index (χ0v) is 24.2. The van der Waals surface area contributed by atoms with E-state index in [1.807, 2.05) is 19.4 Å². The van der Waals surface area contributed by atoms with Gasteiger partial charge in [-0.1, -0.05) is 78.9 Å². The van der Waals surface area contributed by atoms with Gasteiger partial charge in [0.2, 0.25) is 0 Å². The number of nitrogens with zero attached hydrogens (tertiary/aromatic N) is 1. The van der Waals surface area contributed by atoms with Crippen LogP contribution in [0.4, 0.5) is 0 Å². The Morgan fingerprint density at radius 3 is 2.47 bits per heavy atom. The van der Waals surface area contributed by atoms with E-state index in [0.717, 1.165) is 41.9 Å². The smallest absolute Gasteiger partial charge is 0.0683 e. The molecule has 8 unspecified atom stereocenters. The van der Waals surface area contributed by atoms with Crippen LogP contribution in [0.5, 0.6) is 0 Å². The van der Waals surface area contributed by atoms with E-state index in [4.69, 9.17) is 0 Å². The number of nitriles is 1. The number of hydrogen-bond acceptors (Lipinski definition) is 1. The molecule has 0 aromatic heterocycles. The summed E-state index contributed by atoms with van der Waals surface area (Å²) in [7, 11) is 0. The second kappa shape index (κ2) is 11.1. The number of hydrogen-bond donors (Lipinski definition) is 0. The standard InChI is InChI=1S/C31H51N.C2H6/c1-7-23-15-18-30(5)24(20-23)11-12-25-27-14-13-26(31(27,6)19-16-28(25)30)22(2)10-8-9-17-29(3,4)21-32;1-2/h11,22-23,25-28H,7-10,12-20H2,1-6H3;1-2H3. The van der Waals surface area contributed by atoms with Crippen molar-refractivity contribution < 1.29 is 0 Å². The lowest BCUT2D eigenvalue weighted by molar-refractivity contribution is -0.0528. The Labute approximate surface area is 213 Å². The van der Waals surface area contributed by atoms with Crippen molar-refractivity contribution in [3.8, 4) is 6.07 Å². The molecule has 0 heterocycles. The second-order valence-corrected chi connectivity index (χ2v) is 13.7. The highest BCUT2D eigenvalue weighted by atomic mass is 14.6. The fourth-order valence-electron chi connectivity index (χ4n) is 9.35. The fraction of sp³-hybridized carbons (Fsp3) is 0.909. The molecule has 0 saturated heterocycles. The molecule has 3 saturated carbocycles. The van der Waals surface area contributed by atoms with E-state index < -0.39 is 0 Å². The summed E-state index contributed by atoms with van der Waals surface area (Å²) >= 11 is 0. The van der Waals surface area contributed by atoms with Crippen LogP contribution in [0.3, 0.4) is 0 Å². The van der Waals surface area contributed by atoms with Gasteiger partial charge in [0.25, 0.3) is 0 Å². The Kier molecular flexibility index (Phi) is 9.07.